The summed E-state index contributed by atoms with van der Waals surface area (Å²) in [6, 6.07) is 0.137. The van der Waals surface area contributed by atoms with E-state index in [1.165, 1.54) is 0 Å². The Bertz CT molecular complexity index is 181. The highest BCUT2D eigenvalue weighted by Crippen LogP contribution is 2.05. The topological polar surface area (TPSA) is 76.4 Å². The highest BCUT2D eigenvalue weighted by molar-refractivity contribution is 5.74. The van der Waals surface area contributed by atoms with Crippen molar-refractivity contribution in [3.8, 4) is 0 Å². The summed E-state index contributed by atoms with van der Waals surface area (Å²) in [5.41, 5.74) is 5.39. The number of carbonyl (C=O) groups excluding carboxylic acids is 1. The van der Waals surface area contributed by atoms with Crippen LogP contribution >= 0.6 is 0 Å². The van der Waals surface area contributed by atoms with Crippen molar-refractivity contribution in [3.63, 3.8) is 0 Å². The van der Waals surface area contributed by atoms with E-state index in [2.05, 4.69) is 10.6 Å². The SMILES string of the molecule is CC(CN)NC(=O)NC1CCOCC1. The van der Waals surface area contributed by atoms with Crippen LogP contribution in [0.1, 0.15) is 19.8 Å². The Labute approximate surface area is 84.4 Å². The standard InChI is InChI=1S/C9H19N3O2/c1-7(6-10)11-9(13)12-8-2-4-14-5-3-8/h7-8H,2-6,10H2,1H3,(H2,11,12,13). The van der Waals surface area contributed by atoms with E-state index in [1.807, 2.05) is 6.92 Å². The second kappa shape index (κ2) is 5.82. The smallest absolute Gasteiger partial charge is 0.315 e. The van der Waals surface area contributed by atoms with Gasteiger partial charge in [-0.25, -0.2) is 4.79 Å². The first-order valence-corrected chi connectivity index (χ1v) is 5.07. The van der Waals surface area contributed by atoms with Gasteiger partial charge in [0, 0.05) is 31.8 Å². The molecule has 14 heavy (non-hydrogen) atoms. The molecule has 5 heteroatoms. The van der Waals surface area contributed by atoms with Crippen molar-refractivity contribution in [2.45, 2.75) is 31.8 Å². The molecule has 1 rings (SSSR count). The molecule has 0 spiro atoms. The molecule has 1 heterocycles. The first kappa shape index (κ1) is 11.3. The van der Waals surface area contributed by atoms with E-state index in [-0.39, 0.29) is 18.1 Å². The van der Waals surface area contributed by atoms with Crippen LogP contribution in [0.4, 0.5) is 4.79 Å². The zero-order valence-electron chi connectivity index (χ0n) is 8.58. The summed E-state index contributed by atoms with van der Waals surface area (Å²) in [4.78, 5) is 11.4. The number of nitrogens with two attached hydrogens (primary N) is 1. The van der Waals surface area contributed by atoms with Crippen LogP contribution < -0.4 is 16.4 Å². The molecule has 1 fully saturated rings. The normalized spacial score (nSPS) is 20.1. The summed E-state index contributed by atoms with van der Waals surface area (Å²) >= 11 is 0. The van der Waals surface area contributed by atoms with Gasteiger partial charge in [-0.1, -0.05) is 0 Å². The Hall–Kier alpha value is -0.810. The molecular formula is C9H19N3O2. The van der Waals surface area contributed by atoms with Crippen molar-refractivity contribution >= 4 is 6.03 Å². The van der Waals surface area contributed by atoms with Crippen LogP contribution in [0.2, 0.25) is 0 Å². The minimum absolute atomic E-state index is 0.0230. The summed E-state index contributed by atoms with van der Waals surface area (Å²) in [6.45, 7) is 3.81. The molecule has 0 saturated carbocycles. The van der Waals surface area contributed by atoms with Gasteiger partial charge >= 0.3 is 6.03 Å². The molecule has 2 amide bonds. The van der Waals surface area contributed by atoms with Crippen molar-refractivity contribution in [2.75, 3.05) is 19.8 Å². The van der Waals surface area contributed by atoms with E-state index in [0.717, 1.165) is 26.1 Å². The van der Waals surface area contributed by atoms with Crippen LogP contribution in [0.3, 0.4) is 0 Å². The summed E-state index contributed by atoms with van der Waals surface area (Å²) in [5, 5.41) is 5.66. The van der Waals surface area contributed by atoms with Crippen LogP contribution in [0.5, 0.6) is 0 Å². The highest BCUT2D eigenvalue weighted by atomic mass is 16.5. The summed E-state index contributed by atoms with van der Waals surface area (Å²) in [5.74, 6) is 0. The third-order valence-corrected chi connectivity index (χ3v) is 2.29. The third-order valence-electron chi connectivity index (χ3n) is 2.29. The maximum absolute atomic E-state index is 11.4. The fourth-order valence-electron chi connectivity index (χ4n) is 1.35. The van der Waals surface area contributed by atoms with Gasteiger partial charge in [-0.2, -0.15) is 0 Å². The predicted octanol–water partition coefficient (Wildman–Crippen LogP) is -0.188. The molecule has 4 N–H and O–H groups in total. The number of rotatable bonds is 3. The molecule has 5 nitrogen and oxygen atoms in total. The van der Waals surface area contributed by atoms with Gasteiger partial charge in [-0.05, 0) is 19.8 Å². The summed E-state index contributed by atoms with van der Waals surface area (Å²) in [6.07, 6.45) is 1.79. The van der Waals surface area contributed by atoms with Crippen molar-refractivity contribution in [2.24, 2.45) is 5.73 Å². The van der Waals surface area contributed by atoms with Gasteiger partial charge in [0.25, 0.3) is 0 Å². The van der Waals surface area contributed by atoms with E-state index >= 15 is 0 Å². The summed E-state index contributed by atoms with van der Waals surface area (Å²) < 4.78 is 5.19. The Morgan fingerprint density at radius 1 is 1.57 bits per heavy atom. The Morgan fingerprint density at radius 3 is 2.79 bits per heavy atom. The fourth-order valence-corrected chi connectivity index (χ4v) is 1.35. The number of amides is 2. The van der Waals surface area contributed by atoms with Crippen molar-refractivity contribution in [3.05, 3.63) is 0 Å². The van der Waals surface area contributed by atoms with Gasteiger partial charge in [-0.15, -0.1) is 0 Å². The molecule has 0 aromatic heterocycles. The number of hydrogen-bond acceptors (Lipinski definition) is 3. The van der Waals surface area contributed by atoms with Gasteiger partial charge in [0.2, 0.25) is 0 Å². The molecule has 0 aromatic rings. The Balaban J connectivity index is 2.18. The lowest BCUT2D eigenvalue weighted by atomic mass is 10.1. The number of hydrogen-bond donors (Lipinski definition) is 3. The second-order valence-electron chi connectivity index (χ2n) is 3.64. The Morgan fingerprint density at radius 2 is 2.21 bits per heavy atom. The maximum atomic E-state index is 11.4. The molecule has 0 aromatic carbocycles. The van der Waals surface area contributed by atoms with E-state index < -0.39 is 0 Å². The number of urea groups is 1. The fraction of sp³-hybridized carbons (Fsp3) is 0.889. The van der Waals surface area contributed by atoms with Crippen molar-refractivity contribution in [1.82, 2.24) is 10.6 Å². The van der Waals surface area contributed by atoms with E-state index in [0.29, 0.717) is 6.54 Å². The summed E-state index contributed by atoms with van der Waals surface area (Å²) in [7, 11) is 0. The van der Waals surface area contributed by atoms with Crippen LogP contribution in [0.15, 0.2) is 0 Å². The molecule has 0 radical (unpaired) electrons. The number of carbonyl (C=O) groups is 1. The largest absolute Gasteiger partial charge is 0.381 e. The monoisotopic (exact) mass is 201 g/mol. The zero-order chi connectivity index (χ0) is 10.4. The first-order valence-electron chi connectivity index (χ1n) is 5.07. The lowest BCUT2D eigenvalue weighted by molar-refractivity contribution is 0.0800. The third kappa shape index (κ3) is 3.93. The number of ether oxygens (including phenoxy) is 1. The number of nitrogens with one attached hydrogen (secondary N) is 2. The van der Waals surface area contributed by atoms with Gasteiger partial charge in [0.05, 0.1) is 0 Å². The molecule has 1 saturated heterocycles. The van der Waals surface area contributed by atoms with E-state index in [4.69, 9.17) is 10.5 Å². The van der Waals surface area contributed by atoms with Crippen LogP contribution in [0, 0.1) is 0 Å². The Kier molecular flexibility index (Phi) is 4.69. The first-order chi connectivity index (χ1) is 6.72. The van der Waals surface area contributed by atoms with Crippen molar-refractivity contribution in [1.29, 1.82) is 0 Å². The molecule has 1 aliphatic rings. The molecule has 0 aliphatic carbocycles. The molecular weight excluding hydrogens is 182 g/mol. The average Bonchev–Trinajstić information content (AvgIpc) is 2.19. The highest BCUT2D eigenvalue weighted by Gasteiger charge is 2.16. The lowest BCUT2D eigenvalue weighted by Gasteiger charge is -2.24. The van der Waals surface area contributed by atoms with Gasteiger partial charge < -0.3 is 21.1 Å². The van der Waals surface area contributed by atoms with Gasteiger partial charge in [-0.3, -0.25) is 0 Å². The van der Waals surface area contributed by atoms with Crippen LogP contribution in [-0.2, 0) is 4.74 Å². The molecule has 82 valence electrons. The molecule has 1 aliphatic heterocycles. The van der Waals surface area contributed by atoms with E-state index in [1.54, 1.807) is 0 Å². The second-order valence-corrected chi connectivity index (χ2v) is 3.64. The van der Waals surface area contributed by atoms with Crippen LogP contribution in [-0.4, -0.2) is 37.9 Å². The maximum Gasteiger partial charge on any atom is 0.315 e. The van der Waals surface area contributed by atoms with Gasteiger partial charge in [0.15, 0.2) is 0 Å². The predicted molar refractivity (Wildman–Crippen MR) is 54.0 cm³/mol. The van der Waals surface area contributed by atoms with Crippen LogP contribution in [0.25, 0.3) is 0 Å². The average molecular weight is 201 g/mol. The lowest BCUT2D eigenvalue weighted by Crippen LogP contribution is -2.48. The van der Waals surface area contributed by atoms with Gasteiger partial charge in [0.1, 0.15) is 0 Å². The minimum Gasteiger partial charge on any atom is -0.381 e. The molecule has 1 unspecified atom stereocenters. The zero-order valence-corrected chi connectivity index (χ0v) is 8.58. The molecule has 0 bridgehead atoms. The quantitative estimate of drug-likeness (QED) is 0.592. The van der Waals surface area contributed by atoms with Crippen molar-refractivity contribution < 1.29 is 9.53 Å². The molecule has 1 atom stereocenters. The minimum atomic E-state index is -0.130. The van der Waals surface area contributed by atoms with E-state index in [9.17, 15) is 4.79 Å².